The molecule has 0 saturated heterocycles. The summed E-state index contributed by atoms with van der Waals surface area (Å²) in [4.78, 5) is 2.34. The number of hydrogen-bond donors (Lipinski definition) is 0. The molecule has 0 fully saturated rings. The Labute approximate surface area is 301 Å². The Morgan fingerprint density at radius 1 is 0.481 bits per heavy atom. The van der Waals surface area contributed by atoms with E-state index in [0.29, 0.717) is 0 Å². The molecular weight excluding hydrogens is 633 g/mol. The van der Waals surface area contributed by atoms with E-state index in [1.807, 2.05) is 12.1 Å². The van der Waals surface area contributed by atoms with E-state index < -0.39 is 5.41 Å². The Hall–Kier alpha value is -6.58. The Kier molecular flexibility index (Phi) is 5.55. The normalized spacial score (nSPS) is 15.0. The largest absolute Gasteiger partial charge is 0.453 e. The van der Waals surface area contributed by atoms with Crippen LogP contribution in [0.2, 0.25) is 0 Å². The van der Waals surface area contributed by atoms with Crippen molar-refractivity contribution in [1.82, 2.24) is 4.57 Å². The van der Waals surface area contributed by atoms with Gasteiger partial charge >= 0.3 is 0 Å². The van der Waals surface area contributed by atoms with Crippen molar-refractivity contribution in [1.29, 1.82) is 0 Å². The van der Waals surface area contributed by atoms with Crippen LogP contribution in [0.3, 0.4) is 0 Å². The van der Waals surface area contributed by atoms with Crippen LogP contribution in [0.25, 0.3) is 51.0 Å². The molecule has 0 saturated carbocycles. The van der Waals surface area contributed by atoms with Crippen LogP contribution in [-0.4, -0.2) is 4.57 Å². The molecule has 7 aromatic carbocycles. The minimum absolute atomic E-state index is 0.447. The first kappa shape index (κ1) is 28.2. The van der Waals surface area contributed by atoms with Gasteiger partial charge in [-0.3, -0.25) is 0 Å². The summed E-state index contributed by atoms with van der Waals surface area (Å²) in [5.41, 5.74) is 15.9. The monoisotopic (exact) mass is 664 g/mol. The maximum Gasteiger partial charge on any atom is 0.151 e. The topological polar surface area (TPSA) is 17.4 Å². The van der Waals surface area contributed by atoms with E-state index in [0.717, 1.165) is 47.1 Å². The van der Waals surface area contributed by atoms with Crippen molar-refractivity contribution in [2.45, 2.75) is 18.3 Å². The van der Waals surface area contributed by atoms with Crippen LogP contribution in [0.4, 0.5) is 17.1 Å². The molecule has 52 heavy (non-hydrogen) atoms. The fraction of sp³-hybridized carbons (Fsp3) is 0.0612. The molecule has 8 aromatic rings. The van der Waals surface area contributed by atoms with Crippen LogP contribution in [-0.2, 0) is 5.41 Å². The van der Waals surface area contributed by atoms with Crippen molar-refractivity contribution < 1.29 is 4.74 Å². The van der Waals surface area contributed by atoms with Gasteiger partial charge in [-0.15, -0.1) is 0 Å². The first-order valence-corrected chi connectivity index (χ1v) is 18.3. The van der Waals surface area contributed by atoms with E-state index in [1.165, 1.54) is 66.0 Å². The van der Waals surface area contributed by atoms with Gasteiger partial charge in [-0.25, -0.2) is 0 Å². The van der Waals surface area contributed by atoms with E-state index in [2.05, 4.69) is 167 Å². The van der Waals surface area contributed by atoms with Gasteiger partial charge in [0.25, 0.3) is 0 Å². The molecule has 3 nitrogen and oxygen atoms in total. The number of para-hydroxylation sites is 4. The predicted molar refractivity (Wildman–Crippen MR) is 212 cm³/mol. The minimum Gasteiger partial charge on any atom is -0.453 e. The number of fused-ring (bicyclic) bond motifs is 16. The second-order valence-electron chi connectivity index (χ2n) is 14.3. The smallest absolute Gasteiger partial charge is 0.151 e. The summed E-state index contributed by atoms with van der Waals surface area (Å²) in [5, 5.41) is 3.92. The summed E-state index contributed by atoms with van der Waals surface area (Å²) < 4.78 is 8.98. The lowest BCUT2D eigenvalue weighted by Crippen LogP contribution is -2.30. The molecule has 4 aliphatic rings. The number of rotatable bonds is 2. The maximum atomic E-state index is 6.40. The molecule has 1 spiro atoms. The van der Waals surface area contributed by atoms with E-state index >= 15 is 0 Å². The molecule has 0 N–H and O–H groups in total. The fourth-order valence-corrected chi connectivity index (χ4v) is 9.88. The zero-order valence-corrected chi connectivity index (χ0v) is 28.4. The molecule has 0 atom stereocenters. The number of ether oxygens (including phenoxy) is 1. The average molecular weight is 665 g/mol. The standard InChI is InChI=1S/C49H32N2O/c1-5-20-39-33(16-1)34-17-2-6-21-40(34)49(39)41-22-7-3-18-35(41)37-28-29-38-36-19-4-8-23-42(36)51(48(38)47(37)49)32-15-13-14-31(30-32)50-43-24-9-11-26-45(43)52-46-27-12-10-25-44(46)50/h1-3,5-7,9-30H,4,8H2. The van der Waals surface area contributed by atoms with Crippen LogP contribution in [0.15, 0.2) is 158 Å². The zero-order chi connectivity index (χ0) is 34.0. The van der Waals surface area contributed by atoms with E-state index in [-0.39, 0.29) is 0 Å². The highest BCUT2D eigenvalue weighted by molar-refractivity contribution is 6.04. The summed E-state index contributed by atoms with van der Waals surface area (Å²) in [6, 6.07) is 57.9. The lowest BCUT2D eigenvalue weighted by Gasteiger charge is -2.33. The van der Waals surface area contributed by atoms with E-state index in [9.17, 15) is 0 Å². The lowest BCUT2D eigenvalue weighted by molar-refractivity contribution is 0.477. The lowest BCUT2D eigenvalue weighted by atomic mass is 9.70. The van der Waals surface area contributed by atoms with Crippen molar-refractivity contribution >= 4 is 40.1 Å². The number of benzene rings is 7. The van der Waals surface area contributed by atoms with Crippen LogP contribution in [0.5, 0.6) is 11.5 Å². The molecular formula is C49H32N2O. The van der Waals surface area contributed by atoms with E-state index in [4.69, 9.17) is 4.74 Å². The second-order valence-corrected chi connectivity index (χ2v) is 14.3. The molecule has 2 heterocycles. The van der Waals surface area contributed by atoms with Crippen LogP contribution < -0.4 is 20.2 Å². The molecule has 3 aliphatic carbocycles. The van der Waals surface area contributed by atoms with Gasteiger partial charge in [-0.1, -0.05) is 127 Å². The molecule has 0 amide bonds. The van der Waals surface area contributed by atoms with E-state index in [1.54, 1.807) is 0 Å². The third kappa shape index (κ3) is 3.45. The Bertz CT molecular complexity index is 2860. The van der Waals surface area contributed by atoms with Gasteiger partial charge in [-0.05, 0) is 94.3 Å². The summed E-state index contributed by atoms with van der Waals surface area (Å²) in [5.74, 6) is 1.71. The third-order valence-electron chi connectivity index (χ3n) is 11.8. The number of aromatic nitrogens is 1. The number of anilines is 3. The zero-order valence-electron chi connectivity index (χ0n) is 28.4. The second kappa shape index (κ2) is 10.2. The summed E-state index contributed by atoms with van der Waals surface area (Å²) in [6.07, 6.45) is 6.98. The van der Waals surface area contributed by atoms with Gasteiger partial charge < -0.3 is 14.2 Å². The molecule has 12 rings (SSSR count). The Morgan fingerprint density at radius 2 is 1.04 bits per heavy atom. The predicted octanol–water partition coefficient (Wildman–Crippen LogP) is 10.9. The summed E-state index contributed by atoms with van der Waals surface area (Å²) >= 11 is 0. The molecule has 1 aliphatic heterocycles. The molecule has 0 radical (unpaired) electrons. The maximum absolute atomic E-state index is 6.40. The van der Waals surface area contributed by atoms with Crippen molar-refractivity contribution in [2.24, 2.45) is 0 Å². The molecule has 244 valence electrons. The van der Waals surface area contributed by atoms with Crippen molar-refractivity contribution in [3.05, 3.63) is 191 Å². The van der Waals surface area contributed by atoms with Crippen molar-refractivity contribution in [2.75, 3.05) is 4.90 Å². The first-order chi connectivity index (χ1) is 25.8. The average Bonchev–Trinajstić information content (AvgIpc) is 3.82. The van der Waals surface area contributed by atoms with Crippen LogP contribution in [0.1, 0.15) is 35.1 Å². The van der Waals surface area contributed by atoms with Gasteiger partial charge in [-0.2, -0.15) is 0 Å². The minimum atomic E-state index is -0.447. The molecule has 0 bridgehead atoms. The fourth-order valence-electron chi connectivity index (χ4n) is 9.88. The summed E-state index contributed by atoms with van der Waals surface area (Å²) in [6.45, 7) is 0. The van der Waals surface area contributed by atoms with Crippen LogP contribution in [0, 0.1) is 0 Å². The third-order valence-corrected chi connectivity index (χ3v) is 11.8. The highest BCUT2D eigenvalue weighted by Gasteiger charge is 2.53. The summed E-state index contributed by atoms with van der Waals surface area (Å²) in [7, 11) is 0. The Morgan fingerprint density at radius 3 is 1.71 bits per heavy atom. The van der Waals surface area contributed by atoms with Gasteiger partial charge in [0.2, 0.25) is 0 Å². The van der Waals surface area contributed by atoms with Gasteiger partial charge in [0.1, 0.15) is 0 Å². The van der Waals surface area contributed by atoms with Crippen molar-refractivity contribution in [3.8, 4) is 39.4 Å². The highest BCUT2D eigenvalue weighted by atomic mass is 16.5. The van der Waals surface area contributed by atoms with Gasteiger partial charge in [0.15, 0.2) is 11.5 Å². The SMILES string of the molecule is C1=c2c(n(-c3cccc(N4c5ccccc5Oc5ccccc54)c3)c3c4c(ccc23)-c2ccccc2C42c3ccccc3-c3ccccc32)=CCC1. The Balaban J connectivity index is 1.21. The van der Waals surface area contributed by atoms with Gasteiger partial charge in [0.05, 0.1) is 22.3 Å². The first-order valence-electron chi connectivity index (χ1n) is 18.3. The quantitative estimate of drug-likeness (QED) is 0.183. The number of hydrogen-bond acceptors (Lipinski definition) is 2. The molecule has 3 heteroatoms. The van der Waals surface area contributed by atoms with Crippen LogP contribution >= 0.6 is 0 Å². The number of nitrogens with zero attached hydrogens (tertiary/aromatic N) is 2. The van der Waals surface area contributed by atoms with Gasteiger partial charge in [0, 0.05) is 32.9 Å². The van der Waals surface area contributed by atoms with Crippen molar-refractivity contribution in [3.63, 3.8) is 0 Å². The molecule has 1 aromatic heterocycles. The highest BCUT2D eigenvalue weighted by Crippen LogP contribution is 2.64. The molecule has 0 unspecified atom stereocenters.